The molecule has 0 radical (unpaired) electrons. The van der Waals surface area contributed by atoms with Crippen LogP contribution in [0.2, 0.25) is 0 Å². The van der Waals surface area contributed by atoms with Gasteiger partial charge in [0.25, 0.3) is 0 Å². The molecule has 20 heavy (non-hydrogen) atoms. The fourth-order valence-electron chi connectivity index (χ4n) is 2.32. The monoisotopic (exact) mass is 274 g/mol. The predicted octanol–water partition coefficient (Wildman–Crippen LogP) is 1.32. The van der Waals surface area contributed by atoms with Gasteiger partial charge in [-0.2, -0.15) is 4.98 Å². The van der Waals surface area contributed by atoms with Crippen LogP contribution in [-0.2, 0) is 0 Å². The lowest BCUT2D eigenvalue weighted by Crippen LogP contribution is -2.43. The van der Waals surface area contributed by atoms with Gasteiger partial charge in [0.2, 0.25) is 11.7 Å². The molecule has 1 atom stereocenters. The molecule has 1 N–H and O–H groups in total. The highest BCUT2D eigenvalue weighted by Crippen LogP contribution is 2.23. The van der Waals surface area contributed by atoms with Crippen molar-refractivity contribution >= 4 is 0 Å². The standard InChI is InChI=1S/C14H18N4O2/c1-18-7-6-15-12(9-18)14-16-13(17-20-14)10-4-3-5-11(8-10)19-2/h3-5,8,12,15H,6-7,9H2,1-2H3. The largest absolute Gasteiger partial charge is 0.497 e. The molecule has 1 saturated heterocycles. The van der Waals surface area contributed by atoms with E-state index >= 15 is 0 Å². The van der Waals surface area contributed by atoms with Crippen LogP contribution in [0.15, 0.2) is 28.8 Å². The van der Waals surface area contributed by atoms with Crippen LogP contribution in [0.5, 0.6) is 5.75 Å². The number of ether oxygens (including phenoxy) is 1. The summed E-state index contributed by atoms with van der Waals surface area (Å²) in [5, 5.41) is 7.45. The second-order valence-electron chi connectivity index (χ2n) is 4.96. The number of benzene rings is 1. The van der Waals surface area contributed by atoms with E-state index in [0.29, 0.717) is 11.7 Å². The van der Waals surface area contributed by atoms with Gasteiger partial charge in [-0.25, -0.2) is 0 Å². The van der Waals surface area contributed by atoms with E-state index in [1.54, 1.807) is 7.11 Å². The molecule has 1 fully saturated rings. The van der Waals surface area contributed by atoms with Gasteiger partial charge in [0.05, 0.1) is 7.11 Å². The zero-order valence-electron chi connectivity index (χ0n) is 11.7. The zero-order chi connectivity index (χ0) is 13.9. The third-order valence-electron chi connectivity index (χ3n) is 3.45. The van der Waals surface area contributed by atoms with Crippen LogP contribution in [0.1, 0.15) is 11.9 Å². The number of likely N-dealkylation sites (N-methyl/N-ethyl adjacent to an activating group) is 1. The van der Waals surface area contributed by atoms with E-state index in [9.17, 15) is 0 Å². The first-order chi connectivity index (χ1) is 9.76. The summed E-state index contributed by atoms with van der Waals surface area (Å²) in [6.45, 7) is 2.84. The first-order valence-electron chi connectivity index (χ1n) is 6.66. The number of nitrogens with one attached hydrogen (secondary N) is 1. The fraction of sp³-hybridized carbons (Fsp3) is 0.429. The molecule has 0 aliphatic carbocycles. The SMILES string of the molecule is COc1cccc(-c2noc(C3CN(C)CCN3)n2)c1. The van der Waals surface area contributed by atoms with Crippen molar-refractivity contribution in [2.24, 2.45) is 0 Å². The van der Waals surface area contributed by atoms with Gasteiger partial charge in [-0.15, -0.1) is 0 Å². The number of aromatic nitrogens is 2. The summed E-state index contributed by atoms with van der Waals surface area (Å²) in [5.41, 5.74) is 0.892. The minimum Gasteiger partial charge on any atom is -0.497 e. The minimum absolute atomic E-state index is 0.0978. The Morgan fingerprint density at radius 3 is 3.15 bits per heavy atom. The normalized spacial score (nSPS) is 20.0. The summed E-state index contributed by atoms with van der Waals surface area (Å²) < 4.78 is 10.6. The molecule has 0 amide bonds. The molecule has 2 heterocycles. The maximum absolute atomic E-state index is 5.39. The zero-order valence-corrected chi connectivity index (χ0v) is 11.7. The molecule has 106 valence electrons. The lowest BCUT2D eigenvalue weighted by Gasteiger charge is -2.28. The fourth-order valence-corrected chi connectivity index (χ4v) is 2.32. The van der Waals surface area contributed by atoms with Crippen molar-refractivity contribution in [3.8, 4) is 17.1 Å². The van der Waals surface area contributed by atoms with Crippen molar-refractivity contribution in [3.63, 3.8) is 0 Å². The number of rotatable bonds is 3. The maximum atomic E-state index is 5.39. The number of nitrogens with zero attached hydrogens (tertiary/aromatic N) is 3. The third-order valence-corrected chi connectivity index (χ3v) is 3.45. The molecule has 1 aromatic heterocycles. The Balaban J connectivity index is 1.82. The van der Waals surface area contributed by atoms with Crippen LogP contribution in [0, 0.1) is 0 Å². The second-order valence-corrected chi connectivity index (χ2v) is 4.96. The third kappa shape index (κ3) is 2.66. The summed E-state index contributed by atoms with van der Waals surface area (Å²) in [6, 6.07) is 7.74. The van der Waals surface area contributed by atoms with Crippen molar-refractivity contribution in [1.29, 1.82) is 0 Å². The Labute approximate surface area is 117 Å². The van der Waals surface area contributed by atoms with Crippen molar-refractivity contribution in [3.05, 3.63) is 30.2 Å². The molecular formula is C14H18N4O2. The smallest absolute Gasteiger partial charge is 0.245 e. The number of hydrogen-bond acceptors (Lipinski definition) is 6. The average Bonchev–Trinajstić information content (AvgIpc) is 2.97. The van der Waals surface area contributed by atoms with E-state index in [2.05, 4.69) is 27.4 Å². The molecule has 6 heteroatoms. The first-order valence-corrected chi connectivity index (χ1v) is 6.66. The lowest BCUT2D eigenvalue weighted by molar-refractivity contribution is 0.208. The van der Waals surface area contributed by atoms with E-state index in [4.69, 9.17) is 9.26 Å². The Morgan fingerprint density at radius 1 is 1.45 bits per heavy atom. The lowest BCUT2D eigenvalue weighted by atomic mass is 10.2. The van der Waals surface area contributed by atoms with Crippen molar-refractivity contribution < 1.29 is 9.26 Å². The molecule has 0 bridgehead atoms. The van der Waals surface area contributed by atoms with E-state index in [-0.39, 0.29) is 6.04 Å². The molecule has 1 aliphatic heterocycles. The summed E-state index contributed by atoms with van der Waals surface area (Å²) in [6.07, 6.45) is 0. The molecule has 1 aromatic carbocycles. The highest BCUT2D eigenvalue weighted by Gasteiger charge is 2.23. The quantitative estimate of drug-likeness (QED) is 0.911. The summed E-state index contributed by atoms with van der Waals surface area (Å²) in [5.74, 6) is 2.01. The van der Waals surface area contributed by atoms with Gasteiger partial charge in [0.15, 0.2) is 0 Å². The number of piperazine rings is 1. The Kier molecular flexibility index (Phi) is 3.66. The van der Waals surface area contributed by atoms with E-state index in [1.807, 2.05) is 24.3 Å². The minimum atomic E-state index is 0.0978. The van der Waals surface area contributed by atoms with Crippen molar-refractivity contribution in [2.75, 3.05) is 33.8 Å². The second kappa shape index (κ2) is 5.60. The first kappa shape index (κ1) is 13.1. The van der Waals surface area contributed by atoms with Crippen LogP contribution < -0.4 is 10.1 Å². The van der Waals surface area contributed by atoms with Gasteiger partial charge in [0.1, 0.15) is 11.8 Å². The average molecular weight is 274 g/mol. The van der Waals surface area contributed by atoms with Gasteiger partial charge in [-0.3, -0.25) is 0 Å². The van der Waals surface area contributed by atoms with Gasteiger partial charge < -0.3 is 19.5 Å². The van der Waals surface area contributed by atoms with Crippen LogP contribution in [-0.4, -0.2) is 48.8 Å². The molecule has 0 spiro atoms. The molecule has 1 unspecified atom stereocenters. The highest BCUT2D eigenvalue weighted by atomic mass is 16.5. The van der Waals surface area contributed by atoms with Crippen LogP contribution in [0.4, 0.5) is 0 Å². The van der Waals surface area contributed by atoms with E-state index < -0.39 is 0 Å². The Bertz CT molecular complexity index is 584. The van der Waals surface area contributed by atoms with Crippen LogP contribution in [0.3, 0.4) is 0 Å². The maximum Gasteiger partial charge on any atom is 0.245 e. The van der Waals surface area contributed by atoms with Crippen LogP contribution in [0.25, 0.3) is 11.4 Å². The Morgan fingerprint density at radius 2 is 2.35 bits per heavy atom. The molecule has 3 rings (SSSR count). The van der Waals surface area contributed by atoms with E-state index in [1.165, 1.54) is 0 Å². The molecule has 0 saturated carbocycles. The summed E-state index contributed by atoms with van der Waals surface area (Å²) in [7, 11) is 3.73. The topological polar surface area (TPSA) is 63.4 Å². The number of methoxy groups -OCH3 is 1. The van der Waals surface area contributed by atoms with Gasteiger partial charge in [-0.05, 0) is 19.2 Å². The van der Waals surface area contributed by atoms with Crippen molar-refractivity contribution in [2.45, 2.75) is 6.04 Å². The Hall–Kier alpha value is -1.92. The molecule has 1 aliphatic rings. The molecular weight excluding hydrogens is 256 g/mol. The van der Waals surface area contributed by atoms with Crippen LogP contribution >= 0.6 is 0 Å². The molecule has 6 nitrogen and oxygen atoms in total. The van der Waals surface area contributed by atoms with Gasteiger partial charge in [0, 0.05) is 25.2 Å². The van der Waals surface area contributed by atoms with Gasteiger partial charge in [-0.1, -0.05) is 17.3 Å². The van der Waals surface area contributed by atoms with Gasteiger partial charge >= 0.3 is 0 Å². The van der Waals surface area contributed by atoms with E-state index in [0.717, 1.165) is 30.9 Å². The highest BCUT2D eigenvalue weighted by molar-refractivity contribution is 5.56. The predicted molar refractivity (Wildman–Crippen MR) is 74.5 cm³/mol. The summed E-state index contributed by atoms with van der Waals surface area (Å²) in [4.78, 5) is 6.74. The van der Waals surface area contributed by atoms with Crippen molar-refractivity contribution in [1.82, 2.24) is 20.4 Å². The molecule has 2 aromatic rings. The number of hydrogen-bond donors (Lipinski definition) is 1. The summed E-state index contributed by atoms with van der Waals surface area (Å²) >= 11 is 0.